The largest absolute Gasteiger partial charge is 0.404 e. The van der Waals surface area contributed by atoms with Crippen LogP contribution in [0.2, 0.25) is 0 Å². The summed E-state index contributed by atoms with van der Waals surface area (Å²) in [5, 5.41) is 2.35. The molecule has 0 saturated carbocycles. The van der Waals surface area contributed by atoms with Crippen molar-refractivity contribution in [1.82, 2.24) is 5.32 Å². The van der Waals surface area contributed by atoms with E-state index in [9.17, 15) is 13.2 Å². The van der Waals surface area contributed by atoms with Crippen molar-refractivity contribution in [2.24, 2.45) is 0 Å². The summed E-state index contributed by atoms with van der Waals surface area (Å²) >= 11 is 0. The van der Waals surface area contributed by atoms with Gasteiger partial charge in [-0.3, -0.25) is 0 Å². The maximum Gasteiger partial charge on any atom is 0.404 e. The number of halogens is 3. The fourth-order valence-electron chi connectivity index (χ4n) is 0.859. The third-order valence-corrected chi connectivity index (χ3v) is 1.42. The Balaban J connectivity index is 2.49. The molecule has 0 fully saturated rings. The van der Waals surface area contributed by atoms with Gasteiger partial charge in [-0.1, -0.05) is 12.2 Å². The van der Waals surface area contributed by atoms with Crippen LogP contribution in [-0.2, 0) is 0 Å². The van der Waals surface area contributed by atoms with E-state index in [2.05, 4.69) is 5.32 Å². The number of nitrogens with one attached hydrogen (secondary N) is 1. The van der Waals surface area contributed by atoms with Crippen LogP contribution in [0.15, 0.2) is 12.2 Å². The number of rotatable bonds is 0. The molecule has 1 unspecified atom stereocenters. The molecule has 1 nitrogen and oxygen atoms in total. The number of alkyl halides is 3. The quantitative estimate of drug-likeness (QED) is 0.517. The lowest BCUT2D eigenvalue weighted by molar-refractivity contribution is -0.155. The van der Waals surface area contributed by atoms with Crippen LogP contribution in [0.1, 0.15) is 6.42 Å². The van der Waals surface area contributed by atoms with Gasteiger partial charge in [-0.15, -0.1) is 0 Å². The third-order valence-electron chi connectivity index (χ3n) is 1.42. The highest BCUT2D eigenvalue weighted by atomic mass is 19.4. The molecule has 0 aromatic rings. The zero-order chi connectivity index (χ0) is 7.61. The van der Waals surface area contributed by atoms with Crippen LogP contribution in [0.5, 0.6) is 0 Å². The molecule has 0 aliphatic carbocycles. The molecule has 0 amide bonds. The first-order chi connectivity index (χ1) is 4.61. The fourth-order valence-corrected chi connectivity index (χ4v) is 0.859. The highest BCUT2D eigenvalue weighted by molar-refractivity contribution is 4.96. The van der Waals surface area contributed by atoms with Gasteiger partial charge in [0.2, 0.25) is 0 Å². The van der Waals surface area contributed by atoms with Gasteiger partial charge < -0.3 is 5.32 Å². The molecule has 4 heteroatoms. The van der Waals surface area contributed by atoms with Crippen LogP contribution in [0.4, 0.5) is 13.2 Å². The van der Waals surface area contributed by atoms with Crippen LogP contribution in [0.3, 0.4) is 0 Å². The molecule has 0 saturated heterocycles. The van der Waals surface area contributed by atoms with E-state index in [1.807, 2.05) is 0 Å². The molecule has 1 aliphatic heterocycles. The van der Waals surface area contributed by atoms with Crippen LogP contribution in [0.25, 0.3) is 0 Å². The second-order valence-corrected chi connectivity index (χ2v) is 2.21. The Labute approximate surface area is 56.9 Å². The van der Waals surface area contributed by atoms with Gasteiger partial charge in [-0.2, -0.15) is 13.2 Å². The molecule has 58 valence electrons. The maximum absolute atomic E-state index is 11.8. The van der Waals surface area contributed by atoms with Crippen molar-refractivity contribution < 1.29 is 13.2 Å². The molecule has 1 atom stereocenters. The molecule has 1 heterocycles. The minimum absolute atomic E-state index is 0.0590. The van der Waals surface area contributed by atoms with Crippen LogP contribution >= 0.6 is 0 Å². The average Bonchev–Trinajstić information content (AvgIpc) is 1.88. The third kappa shape index (κ3) is 1.73. The van der Waals surface area contributed by atoms with E-state index in [0.29, 0.717) is 6.54 Å². The van der Waals surface area contributed by atoms with E-state index in [-0.39, 0.29) is 6.42 Å². The zero-order valence-electron chi connectivity index (χ0n) is 5.28. The van der Waals surface area contributed by atoms with Gasteiger partial charge in [0.1, 0.15) is 6.04 Å². The topological polar surface area (TPSA) is 12.0 Å². The predicted molar refractivity (Wildman–Crippen MR) is 31.6 cm³/mol. The summed E-state index contributed by atoms with van der Waals surface area (Å²) < 4.78 is 35.5. The highest BCUT2D eigenvalue weighted by Gasteiger charge is 2.38. The van der Waals surface area contributed by atoms with Gasteiger partial charge in [0, 0.05) is 6.54 Å². The molecule has 0 radical (unpaired) electrons. The van der Waals surface area contributed by atoms with Crippen molar-refractivity contribution in [3.8, 4) is 0 Å². The maximum atomic E-state index is 11.8. The molecule has 1 N–H and O–H groups in total. The molecular weight excluding hydrogens is 143 g/mol. The standard InChI is InChI=1S/C6H8F3N/c7-6(8,9)5-3-1-2-4-10-5/h1-2,5,10H,3-4H2. The molecule has 0 spiro atoms. The Morgan fingerprint density at radius 1 is 1.30 bits per heavy atom. The minimum atomic E-state index is -4.09. The lowest BCUT2D eigenvalue weighted by Crippen LogP contribution is -2.43. The summed E-state index contributed by atoms with van der Waals surface area (Å²) in [6.07, 6.45) is -0.787. The second-order valence-electron chi connectivity index (χ2n) is 2.21. The van der Waals surface area contributed by atoms with Crippen molar-refractivity contribution in [2.75, 3.05) is 6.54 Å². The van der Waals surface area contributed by atoms with Crippen LogP contribution < -0.4 is 5.32 Å². The van der Waals surface area contributed by atoms with Crippen molar-refractivity contribution in [3.63, 3.8) is 0 Å². The monoisotopic (exact) mass is 151 g/mol. The molecule has 1 rings (SSSR count). The first-order valence-corrected chi connectivity index (χ1v) is 3.06. The summed E-state index contributed by atoms with van der Waals surface area (Å²) in [6.45, 7) is 0.324. The van der Waals surface area contributed by atoms with Gasteiger partial charge in [-0.25, -0.2) is 0 Å². The van der Waals surface area contributed by atoms with Gasteiger partial charge in [0.05, 0.1) is 0 Å². The predicted octanol–water partition coefficient (Wildman–Crippen LogP) is 1.47. The van der Waals surface area contributed by atoms with Crippen molar-refractivity contribution in [1.29, 1.82) is 0 Å². The summed E-state index contributed by atoms with van der Waals surface area (Å²) in [5.74, 6) is 0. The summed E-state index contributed by atoms with van der Waals surface area (Å²) in [5.41, 5.74) is 0. The SMILES string of the molecule is FC(F)(F)C1CC=CCN1. The van der Waals surface area contributed by atoms with Crippen molar-refractivity contribution >= 4 is 0 Å². The fraction of sp³-hybridized carbons (Fsp3) is 0.667. The summed E-state index contributed by atoms with van der Waals surface area (Å²) in [4.78, 5) is 0. The summed E-state index contributed by atoms with van der Waals surface area (Å²) in [7, 11) is 0. The lowest BCUT2D eigenvalue weighted by Gasteiger charge is -2.21. The Bertz CT molecular complexity index is 138. The molecule has 1 aliphatic rings. The second kappa shape index (κ2) is 2.62. The van der Waals surface area contributed by atoms with E-state index in [4.69, 9.17) is 0 Å². The average molecular weight is 151 g/mol. The Hall–Kier alpha value is -0.510. The Morgan fingerprint density at radius 2 is 2.00 bits per heavy atom. The van der Waals surface area contributed by atoms with Crippen molar-refractivity contribution in [2.45, 2.75) is 18.6 Å². The highest BCUT2D eigenvalue weighted by Crippen LogP contribution is 2.23. The normalized spacial score (nSPS) is 26.9. The summed E-state index contributed by atoms with van der Waals surface area (Å²) in [6, 6.07) is -1.34. The van der Waals surface area contributed by atoms with E-state index in [1.165, 1.54) is 0 Å². The first-order valence-electron chi connectivity index (χ1n) is 3.06. The van der Waals surface area contributed by atoms with Gasteiger partial charge in [-0.05, 0) is 6.42 Å². The van der Waals surface area contributed by atoms with Gasteiger partial charge in [0.25, 0.3) is 0 Å². The van der Waals surface area contributed by atoms with Gasteiger partial charge in [0.15, 0.2) is 0 Å². The van der Waals surface area contributed by atoms with Gasteiger partial charge >= 0.3 is 6.18 Å². The van der Waals surface area contributed by atoms with E-state index in [0.717, 1.165) is 0 Å². The minimum Gasteiger partial charge on any atom is -0.302 e. The van der Waals surface area contributed by atoms with Crippen molar-refractivity contribution in [3.05, 3.63) is 12.2 Å². The molecule has 10 heavy (non-hydrogen) atoms. The Kier molecular flexibility index (Phi) is 1.99. The Morgan fingerprint density at radius 3 is 2.30 bits per heavy atom. The molecular formula is C6H8F3N. The van der Waals surface area contributed by atoms with E-state index in [1.54, 1.807) is 12.2 Å². The molecule has 0 bridgehead atoms. The lowest BCUT2D eigenvalue weighted by atomic mass is 10.1. The molecule has 0 aromatic carbocycles. The first kappa shape index (κ1) is 7.60. The number of hydrogen-bond donors (Lipinski definition) is 1. The zero-order valence-corrected chi connectivity index (χ0v) is 5.28. The van der Waals surface area contributed by atoms with Crippen LogP contribution in [0, 0.1) is 0 Å². The number of hydrogen-bond acceptors (Lipinski definition) is 1. The van der Waals surface area contributed by atoms with E-state index < -0.39 is 12.2 Å². The molecule has 0 aromatic heterocycles. The smallest absolute Gasteiger partial charge is 0.302 e. The van der Waals surface area contributed by atoms with Crippen LogP contribution in [-0.4, -0.2) is 18.8 Å². The van der Waals surface area contributed by atoms with E-state index >= 15 is 0 Å².